The number of anilines is 1. The fourth-order valence-electron chi connectivity index (χ4n) is 3.44. The Balaban J connectivity index is 1.41. The summed E-state index contributed by atoms with van der Waals surface area (Å²) in [7, 11) is 0. The van der Waals surface area contributed by atoms with Crippen LogP contribution in [0.25, 0.3) is 10.1 Å². The van der Waals surface area contributed by atoms with E-state index in [1.807, 2.05) is 6.07 Å². The van der Waals surface area contributed by atoms with Gasteiger partial charge in [0.15, 0.2) is 5.16 Å². The first-order valence-corrected chi connectivity index (χ1v) is 11.0. The predicted molar refractivity (Wildman–Crippen MR) is 106 cm³/mol. The lowest BCUT2D eigenvalue weighted by molar-refractivity contribution is 0.651. The van der Waals surface area contributed by atoms with E-state index in [4.69, 9.17) is 11.6 Å². The number of hydrogen-bond acceptors (Lipinski definition) is 5. The molecule has 4 nitrogen and oxygen atoms in total. The monoisotopic (exact) mass is 390 g/mol. The molecule has 5 rings (SSSR count). The number of rotatable bonds is 5. The van der Waals surface area contributed by atoms with E-state index >= 15 is 0 Å². The Bertz CT molecular complexity index is 909. The molecule has 0 atom stereocenters. The molecule has 25 heavy (non-hydrogen) atoms. The summed E-state index contributed by atoms with van der Waals surface area (Å²) in [5.41, 5.74) is 0. The Hall–Kier alpha value is -1.24. The van der Waals surface area contributed by atoms with Crippen LogP contribution in [0.4, 0.5) is 5.95 Å². The van der Waals surface area contributed by atoms with Crippen LogP contribution in [0.15, 0.2) is 29.4 Å². The largest absolute Gasteiger partial charge is 0.341 e. The zero-order chi connectivity index (χ0) is 16.8. The molecule has 0 bridgehead atoms. The van der Waals surface area contributed by atoms with E-state index in [9.17, 15) is 0 Å². The van der Waals surface area contributed by atoms with Crippen molar-refractivity contribution in [3.63, 3.8) is 0 Å². The molecular weight excluding hydrogens is 372 g/mol. The van der Waals surface area contributed by atoms with Gasteiger partial charge in [0.05, 0.1) is 5.02 Å². The van der Waals surface area contributed by atoms with Gasteiger partial charge in [0.25, 0.3) is 0 Å². The van der Waals surface area contributed by atoms with Gasteiger partial charge >= 0.3 is 0 Å². The summed E-state index contributed by atoms with van der Waals surface area (Å²) < 4.78 is 3.63. The van der Waals surface area contributed by atoms with E-state index in [1.54, 1.807) is 23.1 Å². The summed E-state index contributed by atoms with van der Waals surface area (Å²) in [5, 5.41) is 12.1. The molecule has 2 aliphatic rings. The average Bonchev–Trinajstić information content (AvgIpc) is 3.06. The van der Waals surface area contributed by atoms with E-state index in [2.05, 4.69) is 37.9 Å². The third-order valence-corrected chi connectivity index (χ3v) is 7.75. The molecular formula is C18H19ClN4S2. The van der Waals surface area contributed by atoms with Crippen molar-refractivity contribution in [3.8, 4) is 0 Å². The molecule has 3 aromatic rings. The van der Waals surface area contributed by atoms with Gasteiger partial charge in [-0.15, -0.1) is 21.5 Å². The molecule has 1 aliphatic carbocycles. The number of nitrogens with zero attached hydrogens (tertiary/aromatic N) is 4. The highest BCUT2D eigenvalue weighted by molar-refractivity contribution is 7.98. The second kappa shape index (κ2) is 6.49. The Morgan fingerprint density at radius 3 is 2.72 bits per heavy atom. The fraction of sp³-hybridized carbons (Fsp3) is 0.444. The minimum atomic E-state index is 0.589. The zero-order valence-corrected chi connectivity index (χ0v) is 16.2. The standard InChI is InChI=1S/C18H19ClN4S2/c19-16-13-5-1-2-6-14(13)25-15(16)11-24-18-21-20-17(22-9-3-4-10-22)23(18)12-7-8-12/h1-2,5-6,12H,3-4,7-11H2. The molecule has 2 fully saturated rings. The Morgan fingerprint density at radius 2 is 1.96 bits per heavy atom. The third kappa shape index (κ3) is 2.94. The van der Waals surface area contributed by atoms with E-state index in [0.29, 0.717) is 6.04 Å². The summed E-state index contributed by atoms with van der Waals surface area (Å²) in [6, 6.07) is 8.94. The van der Waals surface area contributed by atoms with Gasteiger partial charge in [0, 0.05) is 39.8 Å². The van der Waals surface area contributed by atoms with Gasteiger partial charge in [-0.25, -0.2) is 0 Å². The summed E-state index contributed by atoms with van der Waals surface area (Å²) in [6.45, 7) is 2.22. The number of thiophene rings is 1. The SMILES string of the molecule is Clc1c(CSc2nnc(N3CCCC3)n2C2CC2)sc2ccccc12. The van der Waals surface area contributed by atoms with E-state index in [1.165, 1.54) is 35.3 Å². The molecule has 2 aromatic heterocycles. The second-order valence-electron chi connectivity index (χ2n) is 6.70. The maximum Gasteiger partial charge on any atom is 0.228 e. The van der Waals surface area contributed by atoms with Crippen LogP contribution in [-0.4, -0.2) is 27.9 Å². The van der Waals surface area contributed by atoms with Crippen LogP contribution in [0.3, 0.4) is 0 Å². The molecule has 0 spiro atoms. The highest BCUT2D eigenvalue weighted by atomic mass is 35.5. The molecule has 1 aliphatic heterocycles. The van der Waals surface area contributed by atoms with E-state index in [0.717, 1.165) is 40.4 Å². The highest BCUT2D eigenvalue weighted by Crippen LogP contribution is 2.43. The van der Waals surface area contributed by atoms with Crippen molar-refractivity contribution in [2.45, 2.75) is 42.6 Å². The normalized spacial score (nSPS) is 17.7. The summed E-state index contributed by atoms with van der Waals surface area (Å²) in [4.78, 5) is 3.61. The Kier molecular flexibility index (Phi) is 4.14. The maximum atomic E-state index is 6.59. The fourth-order valence-corrected chi connectivity index (χ4v) is 6.10. The molecule has 0 radical (unpaired) electrons. The van der Waals surface area contributed by atoms with E-state index in [-0.39, 0.29) is 0 Å². The molecule has 130 valence electrons. The van der Waals surface area contributed by atoms with Crippen LogP contribution in [0.5, 0.6) is 0 Å². The van der Waals surface area contributed by atoms with Crippen LogP contribution in [-0.2, 0) is 5.75 Å². The zero-order valence-electron chi connectivity index (χ0n) is 13.8. The van der Waals surface area contributed by atoms with Gasteiger partial charge < -0.3 is 4.90 Å². The van der Waals surface area contributed by atoms with Gasteiger partial charge in [0.2, 0.25) is 5.95 Å². The van der Waals surface area contributed by atoms with Gasteiger partial charge in [-0.2, -0.15) is 0 Å². The molecule has 3 heterocycles. The number of hydrogen-bond donors (Lipinski definition) is 0. The lowest BCUT2D eigenvalue weighted by atomic mass is 10.2. The first-order chi connectivity index (χ1) is 12.3. The van der Waals surface area contributed by atoms with Crippen molar-refractivity contribution in [2.75, 3.05) is 18.0 Å². The maximum absolute atomic E-state index is 6.59. The van der Waals surface area contributed by atoms with Crippen LogP contribution in [0.2, 0.25) is 5.02 Å². The first-order valence-electron chi connectivity index (χ1n) is 8.80. The minimum Gasteiger partial charge on any atom is -0.341 e. The third-order valence-electron chi connectivity index (χ3n) is 4.88. The number of aromatic nitrogens is 3. The molecule has 1 saturated heterocycles. The molecule has 1 saturated carbocycles. The van der Waals surface area contributed by atoms with Crippen LogP contribution in [0, 0.1) is 0 Å². The summed E-state index contributed by atoms with van der Waals surface area (Å²) >= 11 is 10.1. The Labute approximate surface area is 160 Å². The molecule has 0 amide bonds. The van der Waals surface area contributed by atoms with Crippen molar-refractivity contribution < 1.29 is 0 Å². The molecule has 0 N–H and O–H groups in total. The van der Waals surface area contributed by atoms with Crippen LogP contribution < -0.4 is 4.90 Å². The highest BCUT2D eigenvalue weighted by Gasteiger charge is 2.32. The smallest absolute Gasteiger partial charge is 0.228 e. The first kappa shape index (κ1) is 16.0. The summed E-state index contributed by atoms with van der Waals surface area (Å²) in [5.74, 6) is 1.92. The van der Waals surface area contributed by atoms with Crippen LogP contribution >= 0.6 is 34.7 Å². The van der Waals surface area contributed by atoms with Gasteiger partial charge in [-0.1, -0.05) is 41.6 Å². The van der Waals surface area contributed by atoms with Crippen molar-refractivity contribution in [1.29, 1.82) is 0 Å². The Morgan fingerprint density at radius 1 is 1.16 bits per heavy atom. The number of fused-ring (bicyclic) bond motifs is 1. The van der Waals surface area contributed by atoms with E-state index < -0.39 is 0 Å². The lowest BCUT2D eigenvalue weighted by Gasteiger charge is -2.17. The van der Waals surface area contributed by atoms with Crippen molar-refractivity contribution in [1.82, 2.24) is 14.8 Å². The second-order valence-corrected chi connectivity index (χ2v) is 9.16. The van der Waals surface area contributed by atoms with Crippen molar-refractivity contribution in [3.05, 3.63) is 34.2 Å². The van der Waals surface area contributed by atoms with Gasteiger partial charge in [-0.3, -0.25) is 4.57 Å². The number of thioether (sulfide) groups is 1. The lowest BCUT2D eigenvalue weighted by Crippen LogP contribution is -2.22. The van der Waals surface area contributed by atoms with Gasteiger partial charge in [-0.05, 0) is 31.7 Å². The summed E-state index contributed by atoms with van der Waals surface area (Å²) in [6.07, 6.45) is 5.01. The number of halogens is 1. The molecule has 0 unspecified atom stereocenters. The van der Waals surface area contributed by atoms with Crippen molar-refractivity contribution in [2.24, 2.45) is 0 Å². The van der Waals surface area contributed by atoms with Crippen molar-refractivity contribution >= 4 is 50.7 Å². The molecule has 7 heteroatoms. The topological polar surface area (TPSA) is 34.0 Å². The molecule has 1 aromatic carbocycles. The predicted octanol–water partition coefficient (Wildman–Crippen LogP) is 5.37. The van der Waals surface area contributed by atoms with Gasteiger partial charge in [0.1, 0.15) is 0 Å². The quantitative estimate of drug-likeness (QED) is 0.548. The minimum absolute atomic E-state index is 0.589. The van der Waals surface area contributed by atoms with Crippen LogP contribution in [0.1, 0.15) is 36.6 Å². The average molecular weight is 391 g/mol. The number of benzene rings is 1.